The third kappa shape index (κ3) is 9.20. The van der Waals surface area contributed by atoms with E-state index in [1.54, 1.807) is 43.7 Å². The number of ether oxygens (including phenoxy) is 2. The van der Waals surface area contributed by atoms with Crippen LogP contribution in [0.5, 0.6) is 11.5 Å². The van der Waals surface area contributed by atoms with Gasteiger partial charge in [0.2, 0.25) is 11.8 Å². The Morgan fingerprint density at radius 3 is 2.29 bits per heavy atom. The van der Waals surface area contributed by atoms with E-state index in [9.17, 15) is 24.0 Å². The first kappa shape index (κ1) is 41.9. The number of nitrogens with one attached hydrogen (secondary N) is 3. The number of imide groups is 1. The number of unbranched alkanes of at least 4 members (excludes halogenated alkanes) is 5. The summed E-state index contributed by atoms with van der Waals surface area (Å²) in [6, 6.07) is 8.56. The van der Waals surface area contributed by atoms with Crippen molar-refractivity contribution in [3.8, 4) is 22.6 Å². The molecule has 15 nitrogen and oxygen atoms in total. The van der Waals surface area contributed by atoms with Crippen LogP contribution in [0.15, 0.2) is 46.1 Å². The van der Waals surface area contributed by atoms with E-state index in [1.807, 2.05) is 44.6 Å². The van der Waals surface area contributed by atoms with Crippen LogP contribution in [0.4, 0.5) is 10.5 Å². The number of hydrogen-bond donors (Lipinski definition) is 3. The number of carbonyl (C=O) groups excluding carboxylic acids is 3. The summed E-state index contributed by atoms with van der Waals surface area (Å²) in [5.74, 6) is 1.06. The van der Waals surface area contributed by atoms with Crippen LogP contribution in [0.25, 0.3) is 22.0 Å². The predicted molar refractivity (Wildman–Crippen MR) is 223 cm³/mol. The van der Waals surface area contributed by atoms with E-state index < -0.39 is 11.9 Å². The van der Waals surface area contributed by atoms with Crippen LogP contribution in [-0.4, -0.2) is 89.7 Å². The Balaban J connectivity index is 0.956. The lowest BCUT2D eigenvalue weighted by Crippen LogP contribution is -2.45. The van der Waals surface area contributed by atoms with Crippen molar-refractivity contribution in [2.75, 3.05) is 53.3 Å². The molecular weight excluding hydrogens is 741 g/mol. The Hall–Kier alpha value is -5.70. The highest BCUT2D eigenvalue weighted by Crippen LogP contribution is 2.38. The molecule has 15 heteroatoms. The molecular formula is C43H56N8O7. The first-order valence-corrected chi connectivity index (χ1v) is 20.1. The number of piperidine rings is 1. The van der Waals surface area contributed by atoms with Gasteiger partial charge < -0.3 is 34.5 Å². The fraction of sp³-hybridized carbons (Fsp3) is 0.488. The molecule has 58 heavy (non-hydrogen) atoms. The lowest BCUT2D eigenvalue weighted by molar-refractivity contribution is -0.135. The smallest absolute Gasteiger partial charge is 0.317 e. The number of fused-ring (bicyclic) bond motifs is 2. The number of amides is 4. The second-order valence-electron chi connectivity index (χ2n) is 15.5. The van der Waals surface area contributed by atoms with E-state index in [0.29, 0.717) is 72.1 Å². The van der Waals surface area contributed by atoms with Crippen LogP contribution in [0, 0.1) is 6.92 Å². The van der Waals surface area contributed by atoms with Crippen molar-refractivity contribution in [3.05, 3.63) is 79.8 Å². The molecule has 3 N–H and O–H groups in total. The van der Waals surface area contributed by atoms with Gasteiger partial charge in [0.25, 0.3) is 11.1 Å². The molecule has 1 unspecified atom stereocenters. The molecule has 4 heterocycles. The molecule has 0 bridgehead atoms. The molecule has 0 aliphatic carbocycles. The van der Waals surface area contributed by atoms with E-state index >= 15 is 0 Å². The van der Waals surface area contributed by atoms with Crippen molar-refractivity contribution in [2.45, 2.75) is 83.8 Å². The number of rotatable bonds is 16. The average Bonchev–Trinajstić information content (AvgIpc) is 3.20. The third-order valence-electron chi connectivity index (χ3n) is 11.1. The molecule has 4 aromatic rings. The fourth-order valence-electron chi connectivity index (χ4n) is 8.12. The fourth-order valence-corrected chi connectivity index (χ4v) is 8.12. The van der Waals surface area contributed by atoms with E-state index in [1.165, 1.54) is 4.57 Å². The summed E-state index contributed by atoms with van der Waals surface area (Å²) in [5, 5.41) is 9.23. The summed E-state index contributed by atoms with van der Waals surface area (Å²) >= 11 is 0. The van der Waals surface area contributed by atoms with Crippen LogP contribution < -0.4 is 36.5 Å². The number of carbonyl (C=O) groups is 3. The lowest BCUT2D eigenvalue weighted by Gasteiger charge is -2.30. The van der Waals surface area contributed by atoms with Crippen LogP contribution in [0.1, 0.15) is 79.9 Å². The highest BCUT2D eigenvalue weighted by Gasteiger charge is 2.31. The molecule has 2 aromatic carbocycles. The van der Waals surface area contributed by atoms with E-state index in [-0.39, 0.29) is 42.4 Å². The van der Waals surface area contributed by atoms with Gasteiger partial charge in [0, 0.05) is 62.7 Å². The van der Waals surface area contributed by atoms with Gasteiger partial charge in [0.1, 0.15) is 23.4 Å². The van der Waals surface area contributed by atoms with E-state index in [2.05, 4.69) is 25.8 Å². The first-order valence-electron chi connectivity index (χ1n) is 20.1. The van der Waals surface area contributed by atoms with Gasteiger partial charge in [-0.15, -0.1) is 0 Å². The molecule has 0 spiro atoms. The van der Waals surface area contributed by atoms with Gasteiger partial charge in [0.05, 0.1) is 37.2 Å². The van der Waals surface area contributed by atoms with Gasteiger partial charge in [-0.25, -0.2) is 9.78 Å². The van der Waals surface area contributed by atoms with Crippen molar-refractivity contribution in [1.82, 2.24) is 34.6 Å². The van der Waals surface area contributed by atoms with Gasteiger partial charge in [-0.1, -0.05) is 31.7 Å². The van der Waals surface area contributed by atoms with Crippen molar-refractivity contribution >= 4 is 34.4 Å². The number of methoxy groups -OCH3 is 2. The number of pyridine rings is 1. The molecule has 1 saturated heterocycles. The Bertz CT molecular complexity index is 2270. The molecule has 2 aliphatic heterocycles. The number of nitrogens with zero attached hydrogens (tertiary/aromatic N) is 5. The second-order valence-corrected chi connectivity index (χ2v) is 15.5. The van der Waals surface area contributed by atoms with Crippen LogP contribution in [0.3, 0.4) is 0 Å². The maximum atomic E-state index is 13.7. The second kappa shape index (κ2) is 18.7. The highest BCUT2D eigenvalue weighted by atomic mass is 16.5. The van der Waals surface area contributed by atoms with Gasteiger partial charge in [-0.05, 0) is 82.1 Å². The SMILES string of the molecule is COc1cc(-c2cn(C)c(=O)c3c2CCN(C(=O)NCCCCCCCCNc2cccc4nc(C)n(C5CCC(=O)NC5=O)c(=O)c24)C3)cc(OC)c1CN(C)C. The Kier molecular flexibility index (Phi) is 13.5. The average molecular weight is 797 g/mol. The Morgan fingerprint density at radius 1 is 0.931 bits per heavy atom. The topological polar surface area (TPSA) is 169 Å². The molecule has 0 saturated carbocycles. The van der Waals surface area contributed by atoms with Gasteiger partial charge in [-0.2, -0.15) is 0 Å². The summed E-state index contributed by atoms with van der Waals surface area (Å²) in [6.07, 6.45) is 8.69. The van der Waals surface area contributed by atoms with E-state index in [0.717, 1.165) is 60.8 Å². The molecule has 0 radical (unpaired) electrons. The summed E-state index contributed by atoms with van der Waals surface area (Å²) in [6.45, 7) is 4.34. The number of aryl methyl sites for hydroxylation is 2. The van der Waals surface area contributed by atoms with E-state index in [4.69, 9.17) is 9.47 Å². The van der Waals surface area contributed by atoms with Crippen molar-refractivity contribution in [2.24, 2.45) is 7.05 Å². The monoisotopic (exact) mass is 796 g/mol. The number of urea groups is 1. The summed E-state index contributed by atoms with van der Waals surface area (Å²) in [5.41, 5.74) is 5.19. The number of anilines is 1. The van der Waals surface area contributed by atoms with Crippen LogP contribution in [-0.2, 0) is 36.1 Å². The Labute approximate surface area is 338 Å². The molecule has 6 rings (SSSR count). The molecule has 1 fully saturated rings. The quantitative estimate of drug-likeness (QED) is 0.107. The van der Waals surface area contributed by atoms with Crippen LogP contribution in [0.2, 0.25) is 0 Å². The minimum atomic E-state index is -0.769. The molecule has 4 amide bonds. The predicted octanol–water partition coefficient (Wildman–Crippen LogP) is 4.65. The lowest BCUT2D eigenvalue weighted by atomic mass is 9.91. The minimum Gasteiger partial charge on any atom is -0.496 e. The maximum Gasteiger partial charge on any atom is 0.317 e. The minimum absolute atomic E-state index is 0.105. The van der Waals surface area contributed by atoms with Gasteiger partial charge in [-0.3, -0.25) is 29.1 Å². The number of hydrogen-bond acceptors (Lipinski definition) is 10. The third-order valence-corrected chi connectivity index (χ3v) is 11.1. The summed E-state index contributed by atoms with van der Waals surface area (Å²) < 4.78 is 14.5. The number of aromatic nitrogens is 3. The van der Waals surface area contributed by atoms with Gasteiger partial charge >= 0.3 is 6.03 Å². The van der Waals surface area contributed by atoms with Crippen molar-refractivity contribution in [1.29, 1.82) is 0 Å². The maximum absolute atomic E-state index is 13.7. The zero-order chi connectivity index (χ0) is 41.5. The number of benzene rings is 2. The normalized spacial score (nSPS) is 15.4. The largest absolute Gasteiger partial charge is 0.496 e. The first-order chi connectivity index (χ1) is 27.9. The Morgan fingerprint density at radius 2 is 1.62 bits per heavy atom. The van der Waals surface area contributed by atoms with Crippen molar-refractivity contribution in [3.63, 3.8) is 0 Å². The molecule has 310 valence electrons. The zero-order valence-corrected chi connectivity index (χ0v) is 34.5. The summed E-state index contributed by atoms with van der Waals surface area (Å²) in [7, 11) is 9.02. The highest BCUT2D eigenvalue weighted by molar-refractivity contribution is 5.99. The van der Waals surface area contributed by atoms with Crippen molar-refractivity contribution < 1.29 is 23.9 Å². The van der Waals surface area contributed by atoms with Gasteiger partial charge in [0.15, 0.2) is 0 Å². The molecule has 2 aliphatic rings. The summed E-state index contributed by atoms with van der Waals surface area (Å²) in [4.78, 5) is 72.9. The van der Waals surface area contributed by atoms with Crippen LogP contribution >= 0.6 is 0 Å². The standard InChI is InChI=1S/C43H56N8O7/c1-27-46-34-15-13-14-33(39(34)42(55)51(27)35-16-17-38(52)47-40(35)53)44-19-11-9-7-8-10-12-20-45-43(56)50-21-18-29-30(25-49(4)41(54)31(29)26-50)28-22-36(57-5)32(24-48(2)3)37(23-28)58-6/h13-15,22-23,25,35,44H,7-12,16-21,24,26H2,1-6H3,(H,45,56)(H,47,52,53). The zero-order valence-electron chi connectivity index (χ0n) is 34.5. The molecule has 1 atom stereocenters. The molecule has 2 aromatic heterocycles.